The van der Waals surface area contributed by atoms with Crippen LogP contribution in [-0.2, 0) is 13.1 Å². The molecule has 0 spiro atoms. The third-order valence-corrected chi connectivity index (χ3v) is 4.18. The van der Waals surface area contributed by atoms with Crippen LogP contribution in [0, 0.1) is 5.82 Å². The van der Waals surface area contributed by atoms with Gasteiger partial charge in [0.15, 0.2) is 5.69 Å². The number of H-pyrrole nitrogens is 1. The fraction of sp³-hybridized carbons (Fsp3) is 0.105. The van der Waals surface area contributed by atoms with E-state index >= 15 is 0 Å². The van der Waals surface area contributed by atoms with Crippen molar-refractivity contribution >= 4 is 23.4 Å². The molecule has 1 aromatic heterocycles. The largest absolute Gasteiger partial charge is 0.347 e. The molecule has 0 aliphatic rings. The molecule has 0 aliphatic carbocycles. The first kappa shape index (κ1) is 18.6. The number of benzene rings is 2. The summed E-state index contributed by atoms with van der Waals surface area (Å²) in [4.78, 5) is 31.3. The summed E-state index contributed by atoms with van der Waals surface area (Å²) < 4.78 is 13.1. The fourth-order valence-electron chi connectivity index (χ4n) is 2.43. The molecular weight excluding hydrogens is 371 g/mol. The molecule has 2 aromatic carbocycles. The summed E-state index contributed by atoms with van der Waals surface area (Å²) in [6.07, 6.45) is 1.28. The molecule has 8 heteroatoms. The third kappa shape index (κ3) is 4.71. The molecule has 3 aromatic rings. The topological polar surface area (TPSA) is 86.9 Å². The van der Waals surface area contributed by atoms with E-state index < -0.39 is 17.6 Å². The lowest BCUT2D eigenvalue weighted by molar-refractivity contribution is 0.0911. The van der Waals surface area contributed by atoms with Gasteiger partial charge in [-0.25, -0.2) is 9.37 Å². The molecule has 0 saturated heterocycles. The molecule has 3 rings (SSSR count). The minimum absolute atomic E-state index is 0.0289. The van der Waals surface area contributed by atoms with Gasteiger partial charge in [0.2, 0.25) is 0 Å². The minimum Gasteiger partial charge on any atom is -0.347 e. The number of nitrogens with one attached hydrogen (secondary N) is 3. The summed E-state index contributed by atoms with van der Waals surface area (Å²) >= 11 is 5.94. The Morgan fingerprint density at radius 3 is 2.52 bits per heavy atom. The molecule has 0 unspecified atom stereocenters. The number of carbonyl (C=O) groups is 2. The van der Waals surface area contributed by atoms with E-state index in [1.165, 1.54) is 24.5 Å². The predicted octanol–water partition coefficient (Wildman–Crippen LogP) is 3.06. The average Bonchev–Trinajstić information content (AvgIpc) is 3.16. The smallest absolute Gasteiger partial charge is 0.272 e. The number of imidazole rings is 1. The first-order chi connectivity index (χ1) is 13.0. The molecular formula is C19H16ClFN4O2. The Labute approximate surface area is 159 Å². The Balaban J connectivity index is 1.63. The van der Waals surface area contributed by atoms with Gasteiger partial charge in [0.25, 0.3) is 11.8 Å². The molecule has 0 aliphatic heterocycles. The average molecular weight is 387 g/mol. The van der Waals surface area contributed by atoms with Crippen molar-refractivity contribution in [1.29, 1.82) is 0 Å². The Morgan fingerprint density at radius 1 is 1.04 bits per heavy atom. The Morgan fingerprint density at radius 2 is 1.78 bits per heavy atom. The van der Waals surface area contributed by atoms with Gasteiger partial charge in [-0.15, -0.1) is 0 Å². The van der Waals surface area contributed by atoms with Crippen LogP contribution in [0.15, 0.2) is 54.9 Å². The molecule has 27 heavy (non-hydrogen) atoms. The van der Waals surface area contributed by atoms with E-state index in [-0.39, 0.29) is 23.0 Å². The molecule has 3 N–H and O–H groups in total. The lowest BCUT2D eigenvalue weighted by Gasteiger charge is -2.08. The van der Waals surface area contributed by atoms with Crippen LogP contribution in [0.25, 0.3) is 0 Å². The van der Waals surface area contributed by atoms with Crippen LogP contribution in [0.1, 0.15) is 32.1 Å². The van der Waals surface area contributed by atoms with Crippen molar-refractivity contribution in [1.82, 2.24) is 20.6 Å². The summed E-state index contributed by atoms with van der Waals surface area (Å²) in [6.45, 7) is 0.404. The Kier molecular flexibility index (Phi) is 5.83. The van der Waals surface area contributed by atoms with Gasteiger partial charge in [0, 0.05) is 18.1 Å². The van der Waals surface area contributed by atoms with Crippen LogP contribution in [0.4, 0.5) is 4.39 Å². The van der Waals surface area contributed by atoms with Crippen LogP contribution in [0.2, 0.25) is 5.02 Å². The number of hydrogen-bond acceptors (Lipinski definition) is 3. The number of amides is 2. The second kappa shape index (κ2) is 8.46. The molecule has 0 atom stereocenters. The van der Waals surface area contributed by atoms with Crippen LogP contribution in [-0.4, -0.2) is 21.8 Å². The van der Waals surface area contributed by atoms with Crippen LogP contribution < -0.4 is 10.6 Å². The monoisotopic (exact) mass is 386 g/mol. The van der Waals surface area contributed by atoms with Gasteiger partial charge in [0.05, 0.1) is 6.33 Å². The second-order valence-electron chi connectivity index (χ2n) is 5.71. The van der Waals surface area contributed by atoms with Gasteiger partial charge < -0.3 is 15.6 Å². The summed E-state index contributed by atoms with van der Waals surface area (Å²) in [7, 11) is 0. The van der Waals surface area contributed by atoms with Crippen molar-refractivity contribution in [2.75, 3.05) is 0 Å². The maximum atomic E-state index is 13.1. The lowest BCUT2D eigenvalue weighted by atomic mass is 10.2. The van der Waals surface area contributed by atoms with E-state index in [1.807, 2.05) is 30.3 Å². The number of aromatic amines is 1. The molecule has 1 heterocycles. The number of halogens is 2. The van der Waals surface area contributed by atoms with Crippen LogP contribution in [0.5, 0.6) is 0 Å². The standard InChI is InChI=1S/C19H16ClFN4O2/c20-15-8-14(21)7-6-13(15)10-23-19(27)17-16(24-11-25-17)18(26)22-9-12-4-2-1-3-5-12/h1-8,11H,9-10H2,(H,22,26)(H,23,27)(H,24,25). The van der Waals surface area contributed by atoms with E-state index in [9.17, 15) is 14.0 Å². The van der Waals surface area contributed by atoms with Gasteiger partial charge in [-0.1, -0.05) is 48.0 Å². The maximum absolute atomic E-state index is 13.1. The maximum Gasteiger partial charge on any atom is 0.272 e. The van der Waals surface area contributed by atoms with E-state index in [2.05, 4.69) is 20.6 Å². The van der Waals surface area contributed by atoms with Gasteiger partial charge in [-0.2, -0.15) is 0 Å². The number of rotatable bonds is 6. The van der Waals surface area contributed by atoms with Gasteiger partial charge in [0.1, 0.15) is 11.5 Å². The normalized spacial score (nSPS) is 10.4. The Hall–Kier alpha value is -3.19. The SMILES string of the molecule is O=C(NCc1ccc(F)cc1Cl)c1nc[nH]c1C(=O)NCc1ccccc1. The van der Waals surface area contributed by atoms with E-state index in [1.54, 1.807) is 0 Å². The highest BCUT2D eigenvalue weighted by atomic mass is 35.5. The van der Waals surface area contributed by atoms with Gasteiger partial charge in [-0.3, -0.25) is 9.59 Å². The fourth-order valence-corrected chi connectivity index (χ4v) is 2.66. The zero-order valence-electron chi connectivity index (χ0n) is 14.1. The zero-order valence-corrected chi connectivity index (χ0v) is 14.9. The number of carbonyl (C=O) groups excluding carboxylic acids is 2. The second-order valence-corrected chi connectivity index (χ2v) is 6.12. The van der Waals surface area contributed by atoms with E-state index in [4.69, 9.17) is 11.6 Å². The van der Waals surface area contributed by atoms with E-state index in [0.717, 1.165) is 5.56 Å². The lowest BCUT2D eigenvalue weighted by Crippen LogP contribution is -2.29. The van der Waals surface area contributed by atoms with Crippen molar-refractivity contribution in [2.24, 2.45) is 0 Å². The zero-order chi connectivity index (χ0) is 19.2. The van der Waals surface area contributed by atoms with Crippen molar-refractivity contribution < 1.29 is 14.0 Å². The first-order valence-electron chi connectivity index (χ1n) is 8.12. The van der Waals surface area contributed by atoms with E-state index in [0.29, 0.717) is 12.1 Å². The van der Waals surface area contributed by atoms with Crippen molar-refractivity contribution in [3.63, 3.8) is 0 Å². The van der Waals surface area contributed by atoms with Gasteiger partial charge in [-0.05, 0) is 23.3 Å². The number of hydrogen-bond donors (Lipinski definition) is 3. The van der Waals surface area contributed by atoms with Crippen molar-refractivity contribution in [3.8, 4) is 0 Å². The summed E-state index contributed by atoms with van der Waals surface area (Å²) in [5, 5.41) is 5.56. The van der Waals surface area contributed by atoms with Gasteiger partial charge >= 0.3 is 0 Å². The molecule has 0 fully saturated rings. The number of nitrogens with zero attached hydrogens (tertiary/aromatic N) is 1. The summed E-state index contributed by atoms with van der Waals surface area (Å²) in [6, 6.07) is 13.3. The van der Waals surface area contributed by atoms with Crippen molar-refractivity contribution in [3.05, 3.63) is 88.2 Å². The third-order valence-electron chi connectivity index (χ3n) is 3.83. The number of aromatic nitrogens is 2. The van der Waals surface area contributed by atoms with Crippen LogP contribution in [0.3, 0.4) is 0 Å². The summed E-state index contributed by atoms with van der Waals surface area (Å²) in [5.74, 6) is -1.44. The molecule has 0 bridgehead atoms. The highest BCUT2D eigenvalue weighted by molar-refractivity contribution is 6.31. The Bertz CT molecular complexity index is 959. The molecule has 0 saturated carbocycles. The highest BCUT2D eigenvalue weighted by Crippen LogP contribution is 2.17. The molecule has 138 valence electrons. The predicted molar refractivity (Wildman–Crippen MR) is 98.8 cm³/mol. The summed E-state index contributed by atoms with van der Waals surface area (Å²) in [5.41, 5.74) is 1.52. The molecule has 2 amide bonds. The quantitative estimate of drug-likeness (QED) is 0.608. The van der Waals surface area contributed by atoms with Crippen LogP contribution >= 0.6 is 11.6 Å². The van der Waals surface area contributed by atoms with Crippen molar-refractivity contribution in [2.45, 2.75) is 13.1 Å². The molecule has 6 nitrogen and oxygen atoms in total. The minimum atomic E-state index is -0.540. The molecule has 0 radical (unpaired) electrons. The first-order valence-corrected chi connectivity index (χ1v) is 8.50. The highest BCUT2D eigenvalue weighted by Gasteiger charge is 2.20.